The zero-order valence-corrected chi connectivity index (χ0v) is 6.07. The molecular weight excluding hydrogens is 115 g/mol. The van der Waals surface area contributed by atoms with E-state index < -0.39 is 0 Å². The maximum atomic E-state index is 5.44. The van der Waals surface area contributed by atoms with Crippen LogP contribution in [-0.2, 0) is 0 Å². The van der Waals surface area contributed by atoms with Crippen LogP contribution in [0.25, 0.3) is 0 Å². The van der Waals surface area contributed by atoms with Crippen LogP contribution in [0.15, 0.2) is 0 Å². The normalized spacial score (nSPS) is 46.0. The molecule has 0 aromatic rings. The average molecular weight is 126 g/mol. The summed E-state index contributed by atoms with van der Waals surface area (Å²) in [7, 11) is 5.44. The highest BCUT2D eigenvalue weighted by atomic mass is 32.1. The molecule has 1 aliphatic carbocycles. The second-order valence-corrected chi connectivity index (χ2v) is 3.30. The maximum Gasteiger partial charge on any atom is 0.0657 e. The number of hydrogen-bond acceptors (Lipinski definition) is 1. The SMILES string of the molecule is [B]CC1CC(C)C1S. The van der Waals surface area contributed by atoms with Gasteiger partial charge in [-0.05, 0) is 18.3 Å². The summed E-state index contributed by atoms with van der Waals surface area (Å²) in [5, 5.41) is 0.583. The van der Waals surface area contributed by atoms with E-state index in [9.17, 15) is 0 Å². The Morgan fingerprint density at radius 1 is 1.75 bits per heavy atom. The van der Waals surface area contributed by atoms with Crippen LogP contribution < -0.4 is 0 Å². The molecule has 0 N–H and O–H groups in total. The number of rotatable bonds is 1. The Labute approximate surface area is 57.9 Å². The lowest BCUT2D eigenvalue weighted by Crippen LogP contribution is -2.35. The molecule has 0 heterocycles. The summed E-state index contributed by atoms with van der Waals surface area (Å²) >= 11 is 4.37. The van der Waals surface area contributed by atoms with Crippen molar-refractivity contribution >= 4 is 20.5 Å². The highest BCUT2D eigenvalue weighted by Gasteiger charge is 2.32. The minimum atomic E-state index is 0.583. The third-order valence-electron chi connectivity index (χ3n) is 2.04. The molecule has 0 aliphatic heterocycles. The minimum absolute atomic E-state index is 0.583. The molecular formula is C6H11BS. The Hall–Kier alpha value is 0.415. The van der Waals surface area contributed by atoms with Crippen molar-refractivity contribution in [3.8, 4) is 0 Å². The van der Waals surface area contributed by atoms with Crippen molar-refractivity contribution in [1.29, 1.82) is 0 Å². The molecule has 0 bridgehead atoms. The molecule has 1 saturated carbocycles. The van der Waals surface area contributed by atoms with E-state index in [1.54, 1.807) is 0 Å². The summed E-state index contributed by atoms with van der Waals surface area (Å²) in [5.74, 6) is 1.50. The fraction of sp³-hybridized carbons (Fsp3) is 1.00. The van der Waals surface area contributed by atoms with Crippen molar-refractivity contribution in [2.45, 2.75) is 24.9 Å². The molecule has 0 aromatic heterocycles. The Kier molecular flexibility index (Phi) is 1.91. The molecule has 8 heavy (non-hydrogen) atoms. The largest absolute Gasteiger partial charge is 0.175 e. The molecule has 1 fully saturated rings. The van der Waals surface area contributed by atoms with Crippen LogP contribution in [0.2, 0.25) is 6.32 Å². The summed E-state index contributed by atoms with van der Waals surface area (Å²) in [4.78, 5) is 0. The van der Waals surface area contributed by atoms with Gasteiger partial charge in [0.15, 0.2) is 0 Å². The molecule has 0 nitrogen and oxygen atoms in total. The van der Waals surface area contributed by atoms with Crippen LogP contribution in [0.5, 0.6) is 0 Å². The van der Waals surface area contributed by atoms with Gasteiger partial charge in [0.2, 0.25) is 0 Å². The van der Waals surface area contributed by atoms with Gasteiger partial charge in [-0.2, -0.15) is 12.6 Å². The van der Waals surface area contributed by atoms with Crippen LogP contribution in [0.4, 0.5) is 0 Å². The van der Waals surface area contributed by atoms with Crippen molar-refractivity contribution < 1.29 is 0 Å². The van der Waals surface area contributed by atoms with E-state index in [-0.39, 0.29) is 0 Å². The van der Waals surface area contributed by atoms with Gasteiger partial charge in [-0.1, -0.05) is 13.2 Å². The van der Waals surface area contributed by atoms with Crippen molar-refractivity contribution in [3.05, 3.63) is 0 Å². The quantitative estimate of drug-likeness (QED) is 0.399. The summed E-state index contributed by atoms with van der Waals surface area (Å²) in [6.07, 6.45) is 2.10. The van der Waals surface area contributed by atoms with Crippen molar-refractivity contribution in [2.75, 3.05) is 0 Å². The number of thiol groups is 1. The lowest BCUT2D eigenvalue weighted by Gasteiger charge is -2.39. The predicted molar refractivity (Wildman–Crippen MR) is 40.6 cm³/mol. The fourth-order valence-electron chi connectivity index (χ4n) is 1.26. The van der Waals surface area contributed by atoms with E-state index in [1.807, 2.05) is 0 Å². The first-order valence-electron chi connectivity index (χ1n) is 3.14. The Morgan fingerprint density at radius 3 is 2.50 bits per heavy atom. The van der Waals surface area contributed by atoms with Gasteiger partial charge < -0.3 is 0 Å². The van der Waals surface area contributed by atoms with Gasteiger partial charge in [-0.25, -0.2) is 0 Å². The van der Waals surface area contributed by atoms with Crippen LogP contribution in [0.3, 0.4) is 0 Å². The minimum Gasteiger partial charge on any atom is -0.175 e. The van der Waals surface area contributed by atoms with E-state index in [4.69, 9.17) is 7.85 Å². The third-order valence-corrected chi connectivity index (χ3v) is 2.97. The van der Waals surface area contributed by atoms with Crippen LogP contribution in [0.1, 0.15) is 13.3 Å². The summed E-state index contributed by atoms with van der Waals surface area (Å²) in [5.41, 5.74) is 0. The zero-order chi connectivity index (χ0) is 6.15. The highest BCUT2D eigenvalue weighted by molar-refractivity contribution is 7.81. The predicted octanol–water partition coefficient (Wildman–Crippen LogP) is 1.53. The zero-order valence-electron chi connectivity index (χ0n) is 5.17. The van der Waals surface area contributed by atoms with Gasteiger partial charge in [-0.3, -0.25) is 0 Å². The van der Waals surface area contributed by atoms with Crippen molar-refractivity contribution in [2.24, 2.45) is 11.8 Å². The summed E-state index contributed by atoms with van der Waals surface area (Å²) in [6.45, 7) is 2.23. The van der Waals surface area contributed by atoms with E-state index in [1.165, 1.54) is 6.42 Å². The molecule has 0 spiro atoms. The molecule has 0 saturated heterocycles. The molecule has 0 aromatic carbocycles. The second kappa shape index (κ2) is 2.34. The van der Waals surface area contributed by atoms with E-state index in [0.717, 1.165) is 12.2 Å². The Balaban J connectivity index is 2.25. The highest BCUT2D eigenvalue weighted by Crippen LogP contribution is 2.39. The lowest BCUT2D eigenvalue weighted by molar-refractivity contribution is 0.251. The first kappa shape index (κ1) is 6.53. The molecule has 0 amide bonds. The van der Waals surface area contributed by atoms with Gasteiger partial charge in [0.1, 0.15) is 0 Å². The van der Waals surface area contributed by atoms with Gasteiger partial charge in [0.25, 0.3) is 0 Å². The lowest BCUT2D eigenvalue weighted by atomic mass is 9.69. The molecule has 1 rings (SSSR count). The van der Waals surface area contributed by atoms with Crippen molar-refractivity contribution in [3.63, 3.8) is 0 Å². The maximum absolute atomic E-state index is 5.44. The second-order valence-electron chi connectivity index (χ2n) is 2.70. The number of hydrogen-bond donors (Lipinski definition) is 1. The first-order valence-corrected chi connectivity index (χ1v) is 3.65. The molecule has 3 atom stereocenters. The Morgan fingerprint density at radius 2 is 2.38 bits per heavy atom. The summed E-state index contributed by atoms with van der Waals surface area (Å²) < 4.78 is 0. The van der Waals surface area contributed by atoms with Gasteiger partial charge in [0, 0.05) is 5.25 Å². The average Bonchev–Trinajstić information content (AvgIpc) is 1.81. The molecule has 1 aliphatic rings. The van der Waals surface area contributed by atoms with Crippen LogP contribution >= 0.6 is 12.6 Å². The topological polar surface area (TPSA) is 0 Å². The van der Waals surface area contributed by atoms with E-state index in [0.29, 0.717) is 11.2 Å². The van der Waals surface area contributed by atoms with Crippen molar-refractivity contribution in [1.82, 2.24) is 0 Å². The molecule has 2 heteroatoms. The first-order chi connectivity index (χ1) is 3.75. The fourth-order valence-corrected chi connectivity index (χ4v) is 1.63. The Bertz CT molecular complexity index is 84.6. The smallest absolute Gasteiger partial charge is 0.0657 e. The van der Waals surface area contributed by atoms with Gasteiger partial charge in [0.05, 0.1) is 7.85 Å². The molecule has 2 radical (unpaired) electrons. The van der Waals surface area contributed by atoms with Gasteiger partial charge >= 0.3 is 0 Å². The van der Waals surface area contributed by atoms with Crippen LogP contribution in [-0.4, -0.2) is 13.1 Å². The van der Waals surface area contributed by atoms with Gasteiger partial charge in [-0.15, -0.1) is 0 Å². The molecule has 3 unspecified atom stereocenters. The molecule has 44 valence electrons. The third kappa shape index (κ3) is 0.905. The summed E-state index contributed by atoms with van der Waals surface area (Å²) in [6, 6.07) is 0. The standard InChI is InChI=1S/C6H11BS/c1-4-2-5(3-7)6(4)8/h4-6,8H,2-3H2,1H3. The monoisotopic (exact) mass is 126 g/mol. The van der Waals surface area contributed by atoms with E-state index in [2.05, 4.69) is 19.6 Å². The van der Waals surface area contributed by atoms with E-state index >= 15 is 0 Å². The van der Waals surface area contributed by atoms with Crippen LogP contribution in [0, 0.1) is 11.8 Å².